The number of carbonyl (C=O) groups excluding carboxylic acids is 3. The normalized spacial score (nSPS) is 14.0. The van der Waals surface area contributed by atoms with Gasteiger partial charge in [-0.15, -0.1) is 11.3 Å². The second-order valence-electron chi connectivity index (χ2n) is 7.64. The van der Waals surface area contributed by atoms with Crippen molar-refractivity contribution in [3.05, 3.63) is 94.5 Å². The molecule has 0 bridgehead atoms. The summed E-state index contributed by atoms with van der Waals surface area (Å²) in [5, 5.41) is 3.83. The number of aromatic nitrogens is 1. The third-order valence-electron chi connectivity index (χ3n) is 5.51. The van der Waals surface area contributed by atoms with E-state index in [1.54, 1.807) is 42.5 Å². The van der Waals surface area contributed by atoms with Crippen LogP contribution in [0.25, 0.3) is 10.2 Å². The Labute approximate surface area is 188 Å². The van der Waals surface area contributed by atoms with Crippen molar-refractivity contribution in [2.75, 3.05) is 5.32 Å². The van der Waals surface area contributed by atoms with Gasteiger partial charge in [-0.1, -0.05) is 36.4 Å². The number of benzene rings is 3. The summed E-state index contributed by atoms with van der Waals surface area (Å²) in [7, 11) is 0. The van der Waals surface area contributed by atoms with E-state index in [0.717, 1.165) is 25.7 Å². The molecule has 1 unspecified atom stereocenters. The minimum Gasteiger partial charge on any atom is -0.324 e. The minimum absolute atomic E-state index is 0.330. The molecule has 158 valence electrons. The first-order chi connectivity index (χ1) is 15.5. The lowest BCUT2D eigenvalue weighted by molar-refractivity contribution is -0.119. The average molecular weight is 442 g/mol. The van der Waals surface area contributed by atoms with Crippen LogP contribution in [0.2, 0.25) is 0 Å². The highest BCUT2D eigenvalue weighted by atomic mass is 32.1. The van der Waals surface area contributed by atoms with Crippen LogP contribution in [0, 0.1) is 0 Å². The van der Waals surface area contributed by atoms with Crippen molar-refractivity contribution < 1.29 is 14.4 Å². The Morgan fingerprint density at radius 1 is 0.938 bits per heavy atom. The predicted molar refractivity (Wildman–Crippen MR) is 124 cm³/mol. The average Bonchev–Trinajstić information content (AvgIpc) is 3.33. The van der Waals surface area contributed by atoms with E-state index in [1.165, 1.54) is 0 Å². The fraction of sp³-hybridized carbons (Fsp3) is 0.120. The highest BCUT2D eigenvalue weighted by Crippen LogP contribution is 2.26. The summed E-state index contributed by atoms with van der Waals surface area (Å²) >= 11 is 1.67. The molecule has 4 aromatic rings. The summed E-state index contributed by atoms with van der Waals surface area (Å²) < 4.78 is 1.16. The van der Waals surface area contributed by atoms with E-state index >= 15 is 0 Å². The van der Waals surface area contributed by atoms with Crippen molar-refractivity contribution in [2.24, 2.45) is 0 Å². The van der Waals surface area contributed by atoms with Crippen molar-refractivity contribution in [3.8, 4) is 0 Å². The van der Waals surface area contributed by atoms with E-state index in [-0.39, 0.29) is 0 Å². The van der Waals surface area contributed by atoms with E-state index in [1.807, 2.05) is 42.5 Å². The molecule has 0 spiro atoms. The third kappa shape index (κ3) is 3.56. The zero-order valence-electron chi connectivity index (χ0n) is 17.2. The summed E-state index contributed by atoms with van der Waals surface area (Å²) in [4.78, 5) is 43.6. The van der Waals surface area contributed by atoms with Crippen molar-refractivity contribution in [1.29, 1.82) is 0 Å². The van der Waals surface area contributed by atoms with Crippen LogP contribution in [0.15, 0.2) is 72.8 Å². The summed E-state index contributed by atoms with van der Waals surface area (Å²) in [5.41, 5.74) is 3.34. The Hall–Kier alpha value is -3.84. The standard InChI is InChI=1S/C25H19N3O3S/c1-15(28-24(30)18-6-2-3-7-19(18)25(28)31)23(29)26-17-12-10-16(11-13-17)14-22-27-20-8-4-5-9-21(20)32-22/h2-13,15H,14H2,1H3,(H,26,29). The Morgan fingerprint density at radius 2 is 1.56 bits per heavy atom. The molecule has 0 radical (unpaired) electrons. The predicted octanol–water partition coefficient (Wildman–Crippen LogP) is 4.51. The molecule has 1 aliphatic rings. The van der Waals surface area contributed by atoms with Crippen molar-refractivity contribution in [3.63, 3.8) is 0 Å². The zero-order chi connectivity index (χ0) is 22.2. The fourth-order valence-electron chi connectivity index (χ4n) is 3.80. The lowest BCUT2D eigenvalue weighted by atomic mass is 10.1. The number of carbonyl (C=O) groups is 3. The Bertz CT molecular complexity index is 1290. The SMILES string of the molecule is CC(C(=O)Nc1ccc(Cc2nc3ccccc3s2)cc1)N1C(=O)c2ccccc2C1=O. The molecule has 0 aliphatic carbocycles. The van der Waals surface area contributed by atoms with Gasteiger partial charge in [-0.05, 0) is 48.9 Å². The maximum atomic E-state index is 12.8. The summed E-state index contributed by atoms with van der Waals surface area (Å²) in [5.74, 6) is -1.31. The monoisotopic (exact) mass is 441 g/mol. The van der Waals surface area contributed by atoms with E-state index in [4.69, 9.17) is 0 Å². The number of anilines is 1. The third-order valence-corrected chi connectivity index (χ3v) is 6.54. The number of hydrogen-bond donors (Lipinski definition) is 1. The Kier molecular flexibility index (Phi) is 5.03. The summed E-state index contributed by atoms with van der Waals surface area (Å²) in [6.45, 7) is 1.55. The van der Waals surface area contributed by atoms with Crippen LogP contribution in [-0.4, -0.2) is 33.6 Å². The van der Waals surface area contributed by atoms with Gasteiger partial charge in [0.2, 0.25) is 5.91 Å². The smallest absolute Gasteiger partial charge is 0.262 e. The minimum atomic E-state index is -0.926. The molecule has 0 fully saturated rings. The van der Waals surface area contributed by atoms with Crippen LogP contribution in [0.3, 0.4) is 0 Å². The molecule has 5 rings (SSSR count). The van der Waals surface area contributed by atoms with Gasteiger partial charge in [0.15, 0.2) is 0 Å². The number of amides is 3. The number of para-hydroxylation sites is 1. The van der Waals surface area contributed by atoms with Gasteiger partial charge in [0.25, 0.3) is 11.8 Å². The second kappa shape index (κ2) is 8.01. The summed E-state index contributed by atoms with van der Waals surface area (Å²) in [6, 6.07) is 21.2. The molecule has 7 heteroatoms. The highest BCUT2D eigenvalue weighted by Gasteiger charge is 2.40. The van der Waals surface area contributed by atoms with Crippen LogP contribution in [0.5, 0.6) is 0 Å². The molecule has 32 heavy (non-hydrogen) atoms. The van der Waals surface area contributed by atoms with E-state index in [0.29, 0.717) is 23.2 Å². The van der Waals surface area contributed by atoms with Gasteiger partial charge in [0, 0.05) is 12.1 Å². The molecular formula is C25H19N3O3S. The molecule has 0 saturated heterocycles. The number of rotatable bonds is 5. The van der Waals surface area contributed by atoms with Gasteiger partial charge in [-0.2, -0.15) is 0 Å². The molecule has 1 aliphatic heterocycles. The van der Waals surface area contributed by atoms with Crippen LogP contribution in [0.4, 0.5) is 5.69 Å². The molecular weight excluding hydrogens is 422 g/mol. The molecule has 0 saturated carbocycles. The van der Waals surface area contributed by atoms with Crippen LogP contribution >= 0.6 is 11.3 Å². The molecule has 1 atom stereocenters. The van der Waals surface area contributed by atoms with Crippen LogP contribution < -0.4 is 5.32 Å². The lowest BCUT2D eigenvalue weighted by Gasteiger charge is -2.21. The van der Waals surface area contributed by atoms with Gasteiger partial charge in [0.05, 0.1) is 26.4 Å². The number of nitrogens with zero attached hydrogens (tertiary/aromatic N) is 2. The number of imide groups is 1. The first kappa shape index (κ1) is 20.1. The number of fused-ring (bicyclic) bond motifs is 2. The van der Waals surface area contributed by atoms with Gasteiger partial charge in [-0.25, -0.2) is 4.98 Å². The molecule has 2 heterocycles. The van der Waals surface area contributed by atoms with Gasteiger partial charge in [-0.3, -0.25) is 19.3 Å². The van der Waals surface area contributed by atoms with E-state index in [9.17, 15) is 14.4 Å². The topological polar surface area (TPSA) is 79.4 Å². The first-order valence-corrected chi connectivity index (χ1v) is 11.0. The molecule has 1 aromatic heterocycles. The summed E-state index contributed by atoms with van der Waals surface area (Å²) in [6.07, 6.45) is 0.707. The van der Waals surface area contributed by atoms with Gasteiger partial charge >= 0.3 is 0 Å². The molecule has 3 aromatic carbocycles. The number of hydrogen-bond acceptors (Lipinski definition) is 5. The quantitative estimate of drug-likeness (QED) is 0.462. The Balaban J connectivity index is 1.26. The van der Waals surface area contributed by atoms with Gasteiger partial charge in [0.1, 0.15) is 6.04 Å². The van der Waals surface area contributed by atoms with Crippen LogP contribution in [-0.2, 0) is 11.2 Å². The van der Waals surface area contributed by atoms with Crippen molar-refractivity contribution >= 4 is 45.0 Å². The number of thiazole rings is 1. The van der Waals surface area contributed by atoms with Crippen molar-refractivity contribution in [2.45, 2.75) is 19.4 Å². The Morgan fingerprint density at radius 3 is 2.22 bits per heavy atom. The fourth-order valence-corrected chi connectivity index (χ4v) is 4.80. The van der Waals surface area contributed by atoms with Gasteiger partial charge < -0.3 is 5.32 Å². The van der Waals surface area contributed by atoms with Crippen molar-refractivity contribution in [1.82, 2.24) is 9.88 Å². The van der Waals surface area contributed by atoms with E-state index < -0.39 is 23.8 Å². The molecule has 3 amide bonds. The maximum absolute atomic E-state index is 12.8. The largest absolute Gasteiger partial charge is 0.324 e. The lowest BCUT2D eigenvalue weighted by Crippen LogP contribution is -2.45. The highest BCUT2D eigenvalue weighted by molar-refractivity contribution is 7.18. The first-order valence-electron chi connectivity index (χ1n) is 10.2. The second-order valence-corrected chi connectivity index (χ2v) is 8.76. The van der Waals surface area contributed by atoms with E-state index in [2.05, 4.69) is 16.4 Å². The van der Waals surface area contributed by atoms with Crippen LogP contribution in [0.1, 0.15) is 38.2 Å². The maximum Gasteiger partial charge on any atom is 0.262 e. The number of nitrogens with one attached hydrogen (secondary N) is 1. The molecule has 1 N–H and O–H groups in total. The zero-order valence-corrected chi connectivity index (χ0v) is 18.1. The molecule has 6 nitrogen and oxygen atoms in total.